The Hall–Kier alpha value is -2.45. The Labute approximate surface area is 195 Å². The van der Waals surface area contributed by atoms with Gasteiger partial charge in [-0.25, -0.2) is 17.6 Å². The van der Waals surface area contributed by atoms with Crippen LogP contribution in [0.3, 0.4) is 0 Å². The molecule has 0 fully saturated rings. The van der Waals surface area contributed by atoms with Gasteiger partial charge in [-0.1, -0.05) is 53.5 Å². The van der Waals surface area contributed by atoms with Crippen molar-refractivity contribution in [3.8, 4) is 0 Å². The molecule has 1 aliphatic rings. The quantitative estimate of drug-likeness (QED) is 0.456. The Morgan fingerprint density at radius 1 is 1.00 bits per heavy atom. The van der Waals surface area contributed by atoms with Gasteiger partial charge < -0.3 is 4.74 Å². The number of hydrogen-bond acceptors (Lipinski definition) is 4. The molecule has 1 aliphatic heterocycles. The zero-order valence-electron chi connectivity index (χ0n) is 16.7. The lowest BCUT2D eigenvalue weighted by Gasteiger charge is -2.28. The number of carbonyl (C=O) groups is 1. The first-order valence-corrected chi connectivity index (χ1v) is 11.9. The fraction of sp³-hybridized carbons (Fsp3) is 0.174. The van der Waals surface area contributed by atoms with Crippen molar-refractivity contribution in [2.45, 2.75) is 24.5 Å². The van der Waals surface area contributed by atoms with Crippen molar-refractivity contribution >= 4 is 39.2 Å². The Morgan fingerprint density at radius 2 is 1.75 bits per heavy atom. The minimum absolute atomic E-state index is 0.00226. The topological polar surface area (TPSA) is 63.7 Å². The Bertz CT molecular complexity index is 1280. The van der Waals surface area contributed by atoms with E-state index in [4.69, 9.17) is 27.9 Å². The summed E-state index contributed by atoms with van der Waals surface area (Å²) in [6, 6.07) is 15.7. The second-order valence-corrected chi connectivity index (χ2v) is 10.00. The van der Waals surface area contributed by atoms with Crippen molar-refractivity contribution in [1.29, 1.82) is 0 Å². The third-order valence-corrected chi connectivity index (χ3v) is 7.97. The van der Waals surface area contributed by atoms with Crippen LogP contribution >= 0.6 is 23.2 Å². The largest absolute Gasteiger partial charge is 0.457 e. The number of sulfonamides is 1. The van der Waals surface area contributed by atoms with Crippen LogP contribution in [0.25, 0.3) is 0 Å². The molecule has 0 aliphatic carbocycles. The van der Waals surface area contributed by atoms with Crippen LogP contribution in [-0.2, 0) is 34.3 Å². The number of ether oxygens (including phenoxy) is 1. The molecule has 1 heterocycles. The number of nitrogens with zero attached hydrogens (tertiary/aromatic N) is 1. The SMILES string of the molecule is O=C(OCc1c(F)cccc1Cl)c1ccc(Cl)c(S(=O)(=O)N2CCc3ccccc3C2)c1. The van der Waals surface area contributed by atoms with E-state index in [2.05, 4.69) is 0 Å². The van der Waals surface area contributed by atoms with E-state index in [1.807, 2.05) is 24.3 Å². The average Bonchev–Trinajstić information content (AvgIpc) is 2.78. The van der Waals surface area contributed by atoms with Gasteiger partial charge in [-0.05, 0) is 47.9 Å². The lowest BCUT2D eigenvalue weighted by Crippen LogP contribution is -2.36. The summed E-state index contributed by atoms with van der Waals surface area (Å²) in [4.78, 5) is 12.3. The number of hydrogen-bond donors (Lipinski definition) is 0. The van der Waals surface area contributed by atoms with Gasteiger partial charge in [0.1, 0.15) is 17.3 Å². The molecule has 0 amide bonds. The standard InChI is InChI=1S/C23H18Cl2FNO4S/c24-19-6-3-7-21(26)18(19)14-31-23(28)16-8-9-20(25)22(12-16)32(29,30)27-11-10-15-4-1-2-5-17(15)13-27/h1-9,12H,10-11,13-14H2. The van der Waals surface area contributed by atoms with E-state index in [9.17, 15) is 17.6 Å². The lowest BCUT2D eigenvalue weighted by molar-refractivity contribution is 0.0469. The Kier molecular flexibility index (Phi) is 6.53. The molecule has 0 saturated carbocycles. The number of fused-ring (bicyclic) bond motifs is 1. The molecule has 0 radical (unpaired) electrons. The lowest BCUT2D eigenvalue weighted by atomic mass is 10.0. The summed E-state index contributed by atoms with van der Waals surface area (Å²) in [6.07, 6.45) is 0.582. The fourth-order valence-corrected chi connectivity index (χ4v) is 5.67. The smallest absolute Gasteiger partial charge is 0.338 e. The van der Waals surface area contributed by atoms with Gasteiger partial charge >= 0.3 is 5.97 Å². The molecule has 0 spiro atoms. The van der Waals surface area contributed by atoms with Gasteiger partial charge in [-0.3, -0.25) is 0 Å². The Balaban J connectivity index is 1.56. The van der Waals surface area contributed by atoms with Crippen LogP contribution in [0.1, 0.15) is 27.0 Å². The maximum Gasteiger partial charge on any atom is 0.338 e. The molecule has 4 rings (SSSR count). The maximum atomic E-state index is 13.9. The third kappa shape index (κ3) is 4.52. The highest BCUT2D eigenvalue weighted by Crippen LogP contribution is 2.30. The van der Waals surface area contributed by atoms with Gasteiger partial charge in [0, 0.05) is 18.7 Å². The molecule has 166 valence electrons. The average molecular weight is 494 g/mol. The third-order valence-electron chi connectivity index (χ3n) is 5.29. The summed E-state index contributed by atoms with van der Waals surface area (Å²) in [5.41, 5.74) is 2.05. The number of carbonyl (C=O) groups excluding carboxylic acids is 1. The molecule has 0 atom stereocenters. The summed E-state index contributed by atoms with van der Waals surface area (Å²) >= 11 is 12.1. The first-order chi connectivity index (χ1) is 15.3. The number of benzene rings is 3. The maximum absolute atomic E-state index is 13.9. The van der Waals surface area contributed by atoms with Crippen LogP contribution in [0, 0.1) is 5.82 Å². The first kappa shape index (κ1) is 22.7. The fourth-order valence-electron chi connectivity index (χ4n) is 3.53. The van der Waals surface area contributed by atoms with Gasteiger partial charge in [0.05, 0.1) is 15.6 Å². The van der Waals surface area contributed by atoms with E-state index >= 15 is 0 Å². The second kappa shape index (κ2) is 9.19. The number of esters is 1. The van der Waals surface area contributed by atoms with Crippen molar-refractivity contribution in [1.82, 2.24) is 4.31 Å². The van der Waals surface area contributed by atoms with Gasteiger partial charge in [0.25, 0.3) is 0 Å². The minimum atomic E-state index is -3.96. The van der Waals surface area contributed by atoms with Crippen LogP contribution in [0.4, 0.5) is 4.39 Å². The van der Waals surface area contributed by atoms with Crippen LogP contribution in [0.5, 0.6) is 0 Å². The minimum Gasteiger partial charge on any atom is -0.457 e. The Morgan fingerprint density at radius 3 is 2.50 bits per heavy atom. The molecule has 3 aromatic carbocycles. The molecular weight excluding hydrogens is 476 g/mol. The summed E-state index contributed by atoms with van der Waals surface area (Å²) < 4.78 is 47.0. The molecule has 5 nitrogen and oxygen atoms in total. The normalized spacial score (nSPS) is 14.1. The van der Waals surface area contributed by atoms with E-state index in [0.717, 1.165) is 11.1 Å². The second-order valence-electron chi connectivity index (χ2n) is 7.28. The monoisotopic (exact) mass is 493 g/mol. The molecular formula is C23H18Cl2FNO4S. The highest BCUT2D eigenvalue weighted by atomic mass is 35.5. The van der Waals surface area contributed by atoms with E-state index in [1.165, 1.54) is 40.7 Å². The van der Waals surface area contributed by atoms with E-state index < -0.39 is 28.4 Å². The summed E-state index contributed by atoms with van der Waals surface area (Å²) in [5.74, 6) is -1.42. The van der Waals surface area contributed by atoms with E-state index in [1.54, 1.807) is 0 Å². The molecule has 3 aromatic rings. The molecule has 0 N–H and O–H groups in total. The number of halogens is 3. The van der Waals surface area contributed by atoms with Crippen molar-refractivity contribution in [3.05, 3.63) is 98.8 Å². The van der Waals surface area contributed by atoms with Crippen LogP contribution in [0.15, 0.2) is 65.6 Å². The summed E-state index contributed by atoms with van der Waals surface area (Å²) in [7, 11) is -3.96. The van der Waals surface area contributed by atoms with Crippen LogP contribution < -0.4 is 0 Å². The molecule has 0 saturated heterocycles. The van der Waals surface area contributed by atoms with E-state index in [-0.39, 0.29) is 32.6 Å². The van der Waals surface area contributed by atoms with Gasteiger partial charge in [-0.2, -0.15) is 4.31 Å². The molecule has 0 unspecified atom stereocenters. The molecule has 0 bridgehead atoms. The van der Waals surface area contributed by atoms with Gasteiger partial charge in [0.2, 0.25) is 10.0 Å². The molecule has 0 aromatic heterocycles. The summed E-state index contributed by atoms with van der Waals surface area (Å²) in [5, 5.41) is 0.125. The van der Waals surface area contributed by atoms with Crippen molar-refractivity contribution < 1.29 is 22.3 Å². The van der Waals surface area contributed by atoms with Gasteiger partial charge in [0.15, 0.2) is 0 Å². The van der Waals surface area contributed by atoms with Gasteiger partial charge in [-0.15, -0.1) is 0 Å². The number of rotatable bonds is 5. The molecule has 9 heteroatoms. The van der Waals surface area contributed by atoms with Crippen molar-refractivity contribution in [2.75, 3.05) is 6.54 Å². The predicted octanol–water partition coefficient (Wildman–Crippen LogP) is 5.24. The van der Waals surface area contributed by atoms with Crippen LogP contribution in [0.2, 0.25) is 10.0 Å². The van der Waals surface area contributed by atoms with Crippen molar-refractivity contribution in [3.63, 3.8) is 0 Å². The predicted molar refractivity (Wildman–Crippen MR) is 120 cm³/mol. The first-order valence-electron chi connectivity index (χ1n) is 9.74. The van der Waals surface area contributed by atoms with Crippen LogP contribution in [-0.4, -0.2) is 25.2 Å². The zero-order valence-corrected chi connectivity index (χ0v) is 19.1. The van der Waals surface area contributed by atoms with E-state index in [0.29, 0.717) is 13.0 Å². The van der Waals surface area contributed by atoms with Crippen molar-refractivity contribution in [2.24, 2.45) is 0 Å². The highest BCUT2D eigenvalue weighted by Gasteiger charge is 2.30. The molecule has 32 heavy (non-hydrogen) atoms. The zero-order chi connectivity index (χ0) is 22.9. The highest BCUT2D eigenvalue weighted by molar-refractivity contribution is 7.89. The summed E-state index contributed by atoms with van der Waals surface area (Å²) in [6.45, 7) is 0.128.